The largest absolute Gasteiger partial charge is 0.457 e. The predicted molar refractivity (Wildman–Crippen MR) is 79.4 cm³/mol. The second kappa shape index (κ2) is 5.74. The van der Waals surface area contributed by atoms with Crippen LogP contribution in [0.25, 0.3) is 0 Å². The van der Waals surface area contributed by atoms with Gasteiger partial charge in [-0.25, -0.2) is 0 Å². The van der Waals surface area contributed by atoms with E-state index in [-0.39, 0.29) is 6.42 Å². The SMILES string of the molecule is N#CCc1cc(Oc2ccc(I)cc2)ccc1N. The Morgan fingerprint density at radius 2 is 1.78 bits per heavy atom. The van der Waals surface area contributed by atoms with Crippen molar-refractivity contribution >= 4 is 28.3 Å². The molecule has 4 heteroatoms. The van der Waals surface area contributed by atoms with E-state index in [1.165, 1.54) is 0 Å². The van der Waals surface area contributed by atoms with Gasteiger partial charge in [0.25, 0.3) is 0 Å². The molecule has 0 saturated carbocycles. The number of ether oxygens (including phenoxy) is 1. The summed E-state index contributed by atoms with van der Waals surface area (Å²) in [4.78, 5) is 0. The van der Waals surface area contributed by atoms with Crippen LogP contribution >= 0.6 is 22.6 Å². The van der Waals surface area contributed by atoms with Gasteiger partial charge < -0.3 is 10.5 Å². The van der Waals surface area contributed by atoms with Crippen LogP contribution in [0.4, 0.5) is 5.69 Å². The monoisotopic (exact) mass is 350 g/mol. The Hall–Kier alpha value is -1.74. The highest BCUT2D eigenvalue weighted by Gasteiger charge is 2.03. The summed E-state index contributed by atoms with van der Waals surface area (Å²) in [5.41, 5.74) is 7.19. The van der Waals surface area contributed by atoms with Crippen molar-refractivity contribution in [1.29, 1.82) is 5.26 Å². The molecule has 0 aromatic heterocycles. The number of hydrogen-bond acceptors (Lipinski definition) is 3. The molecular formula is C14H11IN2O. The third-order valence-corrected chi connectivity index (χ3v) is 3.15. The van der Waals surface area contributed by atoms with Crippen LogP contribution < -0.4 is 10.5 Å². The molecule has 0 aliphatic heterocycles. The number of nitrogen functional groups attached to an aromatic ring is 1. The zero-order valence-corrected chi connectivity index (χ0v) is 11.7. The molecule has 3 nitrogen and oxygen atoms in total. The Morgan fingerprint density at radius 3 is 2.44 bits per heavy atom. The standard InChI is InChI=1S/C14H11IN2O/c15-11-1-3-12(4-2-11)18-13-5-6-14(17)10(9-13)7-8-16/h1-6,9H,7,17H2. The lowest BCUT2D eigenvalue weighted by molar-refractivity contribution is 0.482. The van der Waals surface area contributed by atoms with Crippen LogP contribution in [-0.2, 0) is 6.42 Å². The average molecular weight is 350 g/mol. The summed E-state index contributed by atoms with van der Waals surface area (Å²) in [5.74, 6) is 1.46. The van der Waals surface area contributed by atoms with Crippen molar-refractivity contribution in [3.8, 4) is 17.6 Å². The Labute approximate surface area is 119 Å². The van der Waals surface area contributed by atoms with Crippen LogP contribution in [0, 0.1) is 14.9 Å². The van der Waals surface area contributed by atoms with Crippen LogP contribution in [0.5, 0.6) is 11.5 Å². The Balaban J connectivity index is 2.22. The maximum atomic E-state index is 8.71. The van der Waals surface area contributed by atoms with Gasteiger partial charge in [0.1, 0.15) is 11.5 Å². The summed E-state index contributed by atoms with van der Waals surface area (Å²) in [6.45, 7) is 0. The lowest BCUT2D eigenvalue weighted by Gasteiger charge is -2.08. The second-order valence-electron chi connectivity index (χ2n) is 3.75. The second-order valence-corrected chi connectivity index (χ2v) is 5.00. The van der Waals surface area contributed by atoms with Crippen molar-refractivity contribution in [1.82, 2.24) is 0 Å². The molecule has 0 aliphatic rings. The zero-order chi connectivity index (χ0) is 13.0. The predicted octanol–water partition coefficient (Wildman–Crippen LogP) is 3.73. The molecule has 2 aromatic carbocycles. The van der Waals surface area contributed by atoms with Crippen LogP contribution in [0.2, 0.25) is 0 Å². The summed E-state index contributed by atoms with van der Waals surface area (Å²) in [6.07, 6.45) is 0.287. The fourth-order valence-electron chi connectivity index (χ4n) is 1.52. The van der Waals surface area contributed by atoms with E-state index >= 15 is 0 Å². The van der Waals surface area contributed by atoms with Gasteiger partial charge in [-0.15, -0.1) is 0 Å². The first-order valence-electron chi connectivity index (χ1n) is 5.38. The number of nitrogens with two attached hydrogens (primary N) is 1. The lowest BCUT2D eigenvalue weighted by atomic mass is 10.1. The first kappa shape index (κ1) is 12.7. The smallest absolute Gasteiger partial charge is 0.127 e. The molecule has 0 atom stereocenters. The molecule has 0 spiro atoms. The Morgan fingerprint density at radius 1 is 1.11 bits per heavy atom. The van der Waals surface area contributed by atoms with E-state index in [2.05, 4.69) is 28.7 Å². The number of nitrogens with zero attached hydrogens (tertiary/aromatic N) is 1. The van der Waals surface area contributed by atoms with E-state index in [1.54, 1.807) is 18.2 Å². The lowest BCUT2D eigenvalue weighted by Crippen LogP contribution is -1.94. The van der Waals surface area contributed by atoms with Crippen LogP contribution in [-0.4, -0.2) is 0 Å². The maximum Gasteiger partial charge on any atom is 0.127 e. The third-order valence-electron chi connectivity index (χ3n) is 2.43. The van der Waals surface area contributed by atoms with E-state index in [0.717, 1.165) is 14.9 Å². The molecule has 2 rings (SSSR count). The summed E-state index contributed by atoms with van der Waals surface area (Å²) < 4.78 is 6.86. The minimum atomic E-state index is 0.287. The van der Waals surface area contributed by atoms with Gasteiger partial charge in [0.15, 0.2) is 0 Å². The minimum Gasteiger partial charge on any atom is -0.457 e. The molecule has 0 amide bonds. The number of nitriles is 1. The highest BCUT2D eigenvalue weighted by molar-refractivity contribution is 14.1. The molecule has 2 N–H and O–H groups in total. The number of anilines is 1. The van der Waals surface area contributed by atoms with Gasteiger partial charge >= 0.3 is 0 Å². The van der Waals surface area contributed by atoms with Crippen molar-refractivity contribution < 1.29 is 4.74 Å². The highest BCUT2D eigenvalue weighted by atomic mass is 127. The van der Waals surface area contributed by atoms with Crippen LogP contribution in [0.15, 0.2) is 42.5 Å². The molecule has 90 valence electrons. The fourth-order valence-corrected chi connectivity index (χ4v) is 1.88. The van der Waals surface area contributed by atoms with Gasteiger partial charge in [-0.2, -0.15) is 5.26 Å². The molecule has 2 aromatic rings. The molecule has 0 saturated heterocycles. The van der Waals surface area contributed by atoms with E-state index in [1.807, 2.05) is 24.3 Å². The Bertz CT molecular complexity index is 588. The van der Waals surface area contributed by atoms with Crippen molar-refractivity contribution in [2.24, 2.45) is 0 Å². The molecule has 0 aliphatic carbocycles. The van der Waals surface area contributed by atoms with E-state index < -0.39 is 0 Å². The molecule has 0 fully saturated rings. The van der Waals surface area contributed by atoms with Crippen molar-refractivity contribution in [2.75, 3.05) is 5.73 Å². The van der Waals surface area contributed by atoms with Crippen LogP contribution in [0.1, 0.15) is 5.56 Å². The van der Waals surface area contributed by atoms with Crippen molar-refractivity contribution in [2.45, 2.75) is 6.42 Å². The minimum absolute atomic E-state index is 0.287. The average Bonchev–Trinajstić information content (AvgIpc) is 2.37. The summed E-state index contributed by atoms with van der Waals surface area (Å²) in [5, 5.41) is 8.71. The Kier molecular flexibility index (Phi) is 4.05. The number of benzene rings is 2. The first-order chi connectivity index (χ1) is 8.69. The van der Waals surface area contributed by atoms with E-state index in [0.29, 0.717) is 11.4 Å². The summed E-state index contributed by atoms with van der Waals surface area (Å²) in [7, 11) is 0. The highest BCUT2D eigenvalue weighted by Crippen LogP contribution is 2.25. The summed E-state index contributed by atoms with van der Waals surface area (Å²) in [6, 6.07) is 15.2. The number of rotatable bonds is 3. The van der Waals surface area contributed by atoms with Gasteiger partial charge in [0.05, 0.1) is 12.5 Å². The molecule has 0 bridgehead atoms. The van der Waals surface area contributed by atoms with Gasteiger partial charge in [-0.1, -0.05) is 0 Å². The van der Waals surface area contributed by atoms with Gasteiger partial charge in [0.2, 0.25) is 0 Å². The topological polar surface area (TPSA) is 59.0 Å². The maximum absolute atomic E-state index is 8.71. The normalized spacial score (nSPS) is 9.78. The quantitative estimate of drug-likeness (QED) is 0.678. The van der Waals surface area contributed by atoms with Crippen molar-refractivity contribution in [3.63, 3.8) is 0 Å². The molecule has 0 radical (unpaired) electrons. The molecule has 18 heavy (non-hydrogen) atoms. The van der Waals surface area contributed by atoms with Crippen LogP contribution in [0.3, 0.4) is 0 Å². The number of halogens is 1. The number of hydrogen-bond donors (Lipinski definition) is 1. The molecule has 0 heterocycles. The van der Waals surface area contributed by atoms with Gasteiger partial charge in [-0.3, -0.25) is 0 Å². The van der Waals surface area contributed by atoms with Gasteiger partial charge in [-0.05, 0) is 70.6 Å². The summed E-state index contributed by atoms with van der Waals surface area (Å²) >= 11 is 2.24. The van der Waals surface area contributed by atoms with E-state index in [4.69, 9.17) is 15.7 Å². The first-order valence-corrected chi connectivity index (χ1v) is 6.45. The van der Waals surface area contributed by atoms with Gasteiger partial charge in [0, 0.05) is 9.26 Å². The van der Waals surface area contributed by atoms with E-state index in [9.17, 15) is 0 Å². The molecular weight excluding hydrogens is 339 g/mol. The third kappa shape index (κ3) is 3.14. The van der Waals surface area contributed by atoms with Crippen molar-refractivity contribution in [3.05, 3.63) is 51.6 Å². The molecule has 0 unspecified atom stereocenters. The zero-order valence-electron chi connectivity index (χ0n) is 9.56. The fraction of sp³-hybridized carbons (Fsp3) is 0.0714.